The van der Waals surface area contributed by atoms with Crippen molar-refractivity contribution in [2.75, 3.05) is 33.7 Å². The molecule has 0 heterocycles. The Labute approximate surface area is 161 Å². The molecule has 0 atom stereocenters. The molecule has 2 rings (SSSR count). The predicted octanol–water partition coefficient (Wildman–Crippen LogP) is 2.45. The quantitative estimate of drug-likeness (QED) is 0.808. The monoisotopic (exact) mass is 375 g/mol. The SMILES string of the molecule is CN(C)C(=O)c1cccc(C(=O)N(CCN)CCc2ccccc2)c1.Cl. The zero-order chi connectivity index (χ0) is 18.2. The van der Waals surface area contributed by atoms with Gasteiger partial charge in [-0.25, -0.2) is 0 Å². The summed E-state index contributed by atoms with van der Waals surface area (Å²) in [7, 11) is 3.38. The van der Waals surface area contributed by atoms with Crippen molar-refractivity contribution in [3.05, 3.63) is 71.3 Å². The van der Waals surface area contributed by atoms with Crippen LogP contribution in [0.4, 0.5) is 0 Å². The van der Waals surface area contributed by atoms with Gasteiger partial charge < -0.3 is 15.5 Å². The number of hydrogen-bond acceptors (Lipinski definition) is 3. The zero-order valence-corrected chi connectivity index (χ0v) is 16.0. The van der Waals surface area contributed by atoms with Gasteiger partial charge in [-0.2, -0.15) is 0 Å². The molecule has 0 aliphatic heterocycles. The van der Waals surface area contributed by atoms with Crippen molar-refractivity contribution in [1.29, 1.82) is 0 Å². The van der Waals surface area contributed by atoms with Gasteiger partial charge in [0.25, 0.3) is 11.8 Å². The van der Waals surface area contributed by atoms with Crippen LogP contribution in [0, 0.1) is 0 Å². The molecule has 0 fully saturated rings. The molecule has 0 radical (unpaired) electrons. The molecule has 2 amide bonds. The smallest absolute Gasteiger partial charge is 0.253 e. The largest absolute Gasteiger partial charge is 0.345 e. The first-order valence-electron chi connectivity index (χ1n) is 8.38. The molecule has 0 saturated carbocycles. The summed E-state index contributed by atoms with van der Waals surface area (Å²) in [5, 5.41) is 0. The molecule has 0 aliphatic carbocycles. The van der Waals surface area contributed by atoms with E-state index in [2.05, 4.69) is 0 Å². The summed E-state index contributed by atoms with van der Waals surface area (Å²) in [4.78, 5) is 28.2. The normalized spacial score (nSPS) is 9.96. The van der Waals surface area contributed by atoms with E-state index in [1.807, 2.05) is 30.3 Å². The van der Waals surface area contributed by atoms with Gasteiger partial charge in [-0.05, 0) is 30.2 Å². The van der Waals surface area contributed by atoms with E-state index in [-0.39, 0.29) is 24.2 Å². The van der Waals surface area contributed by atoms with Crippen LogP contribution in [0.1, 0.15) is 26.3 Å². The molecule has 5 nitrogen and oxygen atoms in total. The number of amides is 2. The summed E-state index contributed by atoms with van der Waals surface area (Å²) >= 11 is 0. The van der Waals surface area contributed by atoms with E-state index in [0.717, 1.165) is 6.42 Å². The summed E-state index contributed by atoms with van der Waals surface area (Å²) in [5.74, 6) is -0.223. The Morgan fingerprint density at radius 2 is 1.50 bits per heavy atom. The van der Waals surface area contributed by atoms with Crippen LogP contribution in [0.5, 0.6) is 0 Å². The molecule has 2 N–H and O–H groups in total. The van der Waals surface area contributed by atoms with E-state index >= 15 is 0 Å². The number of hydrogen-bond donors (Lipinski definition) is 1. The van der Waals surface area contributed by atoms with E-state index in [1.54, 1.807) is 43.3 Å². The number of halogens is 1. The van der Waals surface area contributed by atoms with Crippen molar-refractivity contribution in [2.45, 2.75) is 6.42 Å². The fourth-order valence-corrected chi connectivity index (χ4v) is 2.61. The Balaban J connectivity index is 0.00000338. The van der Waals surface area contributed by atoms with Gasteiger partial charge >= 0.3 is 0 Å². The Bertz CT molecular complexity index is 720. The van der Waals surface area contributed by atoms with Gasteiger partial charge in [0.15, 0.2) is 0 Å². The molecule has 0 aliphatic rings. The average Bonchev–Trinajstić information content (AvgIpc) is 2.64. The summed E-state index contributed by atoms with van der Waals surface area (Å²) < 4.78 is 0. The van der Waals surface area contributed by atoms with Crippen LogP contribution in [0.25, 0.3) is 0 Å². The van der Waals surface area contributed by atoms with Crippen LogP contribution in [0.3, 0.4) is 0 Å². The number of nitrogens with two attached hydrogens (primary N) is 1. The minimum absolute atomic E-state index is 0. The van der Waals surface area contributed by atoms with Crippen LogP contribution in [0.2, 0.25) is 0 Å². The fourth-order valence-electron chi connectivity index (χ4n) is 2.61. The minimum atomic E-state index is -0.121. The predicted molar refractivity (Wildman–Crippen MR) is 107 cm³/mol. The number of nitrogens with zero attached hydrogens (tertiary/aromatic N) is 2. The molecule has 6 heteroatoms. The van der Waals surface area contributed by atoms with E-state index in [9.17, 15) is 9.59 Å². The highest BCUT2D eigenvalue weighted by Gasteiger charge is 2.17. The van der Waals surface area contributed by atoms with Crippen LogP contribution < -0.4 is 5.73 Å². The van der Waals surface area contributed by atoms with Gasteiger partial charge in [0.2, 0.25) is 0 Å². The lowest BCUT2D eigenvalue weighted by molar-refractivity contribution is 0.0762. The summed E-state index contributed by atoms with van der Waals surface area (Å²) in [6.45, 7) is 1.47. The van der Waals surface area contributed by atoms with Crippen molar-refractivity contribution in [2.24, 2.45) is 5.73 Å². The molecule has 0 spiro atoms. The average molecular weight is 376 g/mol. The second kappa shape index (κ2) is 10.6. The van der Waals surface area contributed by atoms with Crippen molar-refractivity contribution >= 4 is 24.2 Å². The fraction of sp³-hybridized carbons (Fsp3) is 0.300. The van der Waals surface area contributed by atoms with Gasteiger partial charge in [0, 0.05) is 44.9 Å². The van der Waals surface area contributed by atoms with E-state index in [4.69, 9.17) is 5.73 Å². The van der Waals surface area contributed by atoms with E-state index in [0.29, 0.717) is 30.8 Å². The van der Waals surface area contributed by atoms with Crippen molar-refractivity contribution in [1.82, 2.24) is 9.80 Å². The zero-order valence-electron chi connectivity index (χ0n) is 15.2. The third-order valence-corrected chi connectivity index (χ3v) is 3.96. The van der Waals surface area contributed by atoms with Crippen LogP contribution in [-0.2, 0) is 6.42 Å². The lowest BCUT2D eigenvalue weighted by atomic mass is 10.1. The van der Waals surface area contributed by atoms with Crippen LogP contribution in [0.15, 0.2) is 54.6 Å². The van der Waals surface area contributed by atoms with Gasteiger partial charge in [-0.3, -0.25) is 9.59 Å². The Morgan fingerprint density at radius 3 is 2.08 bits per heavy atom. The number of benzene rings is 2. The van der Waals surface area contributed by atoms with Crippen LogP contribution in [-0.4, -0.2) is 55.3 Å². The molecule has 2 aromatic carbocycles. The van der Waals surface area contributed by atoms with Crippen LogP contribution >= 0.6 is 12.4 Å². The van der Waals surface area contributed by atoms with Crippen molar-refractivity contribution in [3.63, 3.8) is 0 Å². The third-order valence-electron chi connectivity index (χ3n) is 3.96. The Hall–Kier alpha value is -2.37. The highest BCUT2D eigenvalue weighted by molar-refractivity contribution is 5.99. The number of carbonyl (C=O) groups is 2. The number of carbonyl (C=O) groups excluding carboxylic acids is 2. The van der Waals surface area contributed by atoms with Gasteiger partial charge in [0.1, 0.15) is 0 Å². The first kappa shape index (κ1) is 21.7. The highest BCUT2D eigenvalue weighted by atomic mass is 35.5. The number of rotatable bonds is 7. The summed E-state index contributed by atoms with van der Waals surface area (Å²) in [6, 6.07) is 16.9. The molecule has 2 aromatic rings. The maximum atomic E-state index is 12.8. The Morgan fingerprint density at radius 1 is 0.885 bits per heavy atom. The standard InChI is InChI=1S/C20H25N3O2.ClH/c1-22(2)19(24)17-9-6-10-18(15-17)20(25)23(14-12-21)13-11-16-7-4-3-5-8-16;/h3-10,15H,11-14,21H2,1-2H3;1H. The topological polar surface area (TPSA) is 66.6 Å². The van der Waals surface area contributed by atoms with Gasteiger partial charge in [0.05, 0.1) is 0 Å². The molecule has 0 unspecified atom stereocenters. The molecular formula is C20H26ClN3O2. The molecule has 0 bridgehead atoms. The van der Waals surface area contributed by atoms with Gasteiger partial charge in [-0.15, -0.1) is 12.4 Å². The first-order valence-corrected chi connectivity index (χ1v) is 8.38. The molecule has 140 valence electrons. The van der Waals surface area contributed by atoms with E-state index < -0.39 is 0 Å². The molecular weight excluding hydrogens is 350 g/mol. The molecule has 0 saturated heterocycles. The maximum absolute atomic E-state index is 12.8. The third kappa shape index (κ3) is 5.86. The van der Waals surface area contributed by atoms with Gasteiger partial charge in [-0.1, -0.05) is 36.4 Å². The van der Waals surface area contributed by atoms with Crippen molar-refractivity contribution < 1.29 is 9.59 Å². The minimum Gasteiger partial charge on any atom is -0.345 e. The molecule has 0 aromatic heterocycles. The van der Waals surface area contributed by atoms with Crippen molar-refractivity contribution in [3.8, 4) is 0 Å². The highest BCUT2D eigenvalue weighted by Crippen LogP contribution is 2.11. The molecule has 26 heavy (non-hydrogen) atoms. The second-order valence-corrected chi connectivity index (χ2v) is 6.10. The maximum Gasteiger partial charge on any atom is 0.253 e. The van der Waals surface area contributed by atoms with E-state index in [1.165, 1.54) is 10.5 Å². The first-order chi connectivity index (χ1) is 12.0. The lowest BCUT2D eigenvalue weighted by Crippen LogP contribution is -2.37. The summed E-state index contributed by atoms with van der Waals surface area (Å²) in [5.41, 5.74) is 7.87. The summed E-state index contributed by atoms with van der Waals surface area (Å²) in [6.07, 6.45) is 0.767. The second-order valence-electron chi connectivity index (χ2n) is 6.10. The Kier molecular flexibility index (Phi) is 8.82. The lowest BCUT2D eigenvalue weighted by Gasteiger charge is -2.22.